The molecule has 27 heavy (non-hydrogen) atoms. The number of rotatable bonds is 6. The summed E-state index contributed by atoms with van der Waals surface area (Å²) in [6.45, 7) is 0.698. The van der Waals surface area contributed by atoms with Gasteiger partial charge in [0.1, 0.15) is 5.69 Å². The third-order valence-electron chi connectivity index (χ3n) is 3.83. The zero-order valence-electron chi connectivity index (χ0n) is 14.2. The van der Waals surface area contributed by atoms with Crippen molar-refractivity contribution in [1.29, 1.82) is 0 Å². The number of hydrogen-bond acceptors (Lipinski definition) is 3. The van der Waals surface area contributed by atoms with Gasteiger partial charge < -0.3 is 10.6 Å². The minimum absolute atomic E-state index is 0.158. The van der Waals surface area contributed by atoms with Crippen LogP contribution in [0.4, 0.5) is 20.2 Å². The van der Waals surface area contributed by atoms with Crippen LogP contribution in [0.5, 0.6) is 0 Å². The summed E-state index contributed by atoms with van der Waals surface area (Å²) in [5, 5.41) is 6.40. The normalized spacial score (nSPS) is 10.5. The molecule has 138 valence electrons. The van der Waals surface area contributed by atoms with E-state index in [1.54, 1.807) is 18.3 Å². The van der Waals surface area contributed by atoms with Crippen molar-refractivity contribution in [3.63, 3.8) is 0 Å². The first-order chi connectivity index (χ1) is 13.0. The first kappa shape index (κ1) is 18.8. The minimum Gasteiger partial charge on any atom is -0.383 e. The second kappa shape index (κ2) is 8.60. The van der Waals surface area contributed by atoms with Crippen molar-refractivity contribution in [3.05, 3.63) is 88.7 Å². The third kappa shape index (κ3) is 5.24. The Morgan fingerprint density at radius 3 is 2.37 bits per heavy atom. The first-order valence-corrected chi connectivity index (χ1v) is 8.60. The van der Waals surface area contributed by atoms with Gasteiger partial charge in [0, 0.05) is 23.3 Å². The van der Waals surface area contributed by atoms with Crippen molar-refractivity contribution in [2.24, 2.45) is 0 Å². The van der Waals surface area contributed by atoms with Crippen LogP contribution in [-0.2, 0) is 6.42 Å². The van der Waals surface area contributed by atoms with Crippen LogP contribution in [0.1, 0.15) is 16.1 Å². The molecule has 4 nitrogen and oxygen atoms in total. The number of aromatic nitrogens is 1. The highest BCUT2D eigenvalue weighted by Crippen LogP contribution is 2.15. The lowest BCUT2D eigenvalue weighted by Gasteiger charge is -2.08. The molecule has 0 fully saturated rings. The van der Waals surface area contributed by atoms with E-state index in [1.807, 2.05) is 24.3 Å². The number of carbonyl (C=O) groups is 1. The van der Waals surface area contributed by atoms with Crippen LogP contribution >= 0.6 is 11.6 Å². The topological polar surface area (TPSA) is 54.0 Å². The lowest BCUT2D eigenvalue weighted by Crippen LogP contribution is -2.14. The largest absolute Gasteiger partial charge is 0.383 e. The van der Waals surface area contributed by atoms with E-state index in [1.165, 1.54) is 6.07 Å². The first-order valence-electron chi connectivity index (χ1n) is 8.22. The van der Waals surface area contributed by atoms with Crippen molar-refractivity contribution in [2.75, 3.05) is 17.2 Å². The SMILES string of the molecule is O=C(Nc1ccc(F)c(F)c1)c1ccc(NCCc2ccc(Cl)cc2)cn1. The van der Waals surface area contributed by atoms with Crippen molar-refractivity contribution in [1.82, 2.24) is 4.98 Å². The summed E-state index contributed by atoms with van der Waals surface area (Å²) in [4.78, 5) is 16.2. The second-order valence-corrected chi connectivity index (χ2v) is 6.25. The maximum absolute atomic E-state index is 13.2. The Balaban J connectivity index is 1.53. The van der Waals surface area contributed by atoms with Crippen molar-refractivity contribution >= 4 is 28.9 Å². The number of carbonyl (C=O) groups excluding carboxylic acids is 1. The van der Waals surface area contributed by atoms with E-state index in [0.29, 0.717) is 11.6 Å². The second-order valence-electron chi connectivity index (χ2n) is 5.82. The standard InChI is InChI=1S/C20H16ClF2N3O/c21-14-3-1-13(2-4-14)9-10-24-16-6-8-19(25-12-16)20(27)26-15-5-7-17(22)18(23)11-15/h1-8,11-12,24H,9-10H2,(H,26,27). The van der Waals surface area contributed by atoms with Crippen LogP contribution in [0.15, 0.2) is 60.8 Å². The molecule has 0 saturated heterocycles. The molecular formula is C20H16ClF2N3O. The van der Waals surface area contributed by atoms with E-state index in [-0.39, 0.29) is 11.4 Å². The fourth-order valence-corrected chi connectivity index (χ4v) is 2.53. The van der Waals surface area contributed by atoms with Crippen LogP contribution in [0.3, 0.4) is 0 Å². The molecule has 2 aromatic carbocycles. The van der Waals surface area contributed by atoms with Crippen LogP contribution in [0, 0.1) is 11.6 Å². The fourth-order valence-electron chi connectivity index (χ4n) is 2.40. The van der Waals surface area contributed by atoms with Gasteiger partial charge in [0.2, 0.25) is 0 Å². The Morgan fingerprint density at radius 2 is 1.70 bits per heavy atom. The summed E-state index contributed by atoms with van der Waals surface area (Å²) in [5.41, 5.74) is 2.25. The number of anilines is 2. The highest BCUT2D eigenvalue weighted by Gasteiger charge is 2.09. The molecule has 0 spiro atoms. The molecule has 1 amide bonds. The van der Waals surface area contributed by atoms with Gasteiger partial charge in [-0.05, 0) is 48.4 Å². The van der Waals surface area contributed by atoms with Crippen LogP contribution < -0.4 is 10.6 Å². The van der Waals surface area contributed by atoms with Gasteiger partial charge in [-0.2, -0.15) is 0 Å². The molecule has 3 rings (SSSR count). The molecule has 0 saturated carbocycles. The Hall–Kier alpha value is -2.99. The van der Waals surface area contributed by atoms with E-state index in [0.717, 1.165) is 29.8 Å². The van der Waals surface area contributed by atoms with Crippen molar-refractivity contribution in [2.45, 2.75) is 6.42 Å². The minimum atomic E-state index is -1.03. The molecule has 0 bridgehead atoms. The van der Waals surface area contributed by atoms with E-state index in [9.17, 15) is 13.6 Å². The number of nitrogens with zero attached hydrogens (tertiary/aromatic N) is 1. The Kier molecular flexibility index (Phi) is 5.98. The Bertz CT molecular complexity index is 931. The van der Waals surface area contributed by atoms with Gasteiger partial charge in [0.05, 0.1) is 11.9 Å². The van der Waals surface area contributed by atoms with Gasteiger partial charge in [-0.3, -0.25) is 4.79 Å². The monoisotopic (exact) mass is 387 g/mol. The predicted octanol–water partition coefficient (Wildman–Crippen LogP) is 4.92. The quantitative estimate of drug-likeness (QED) is 0.631. The third-order valence-corrected chi connectivity index (χ3v) is 4.08. The van der Waals surface area contributed by atoms with E-state index in [2.05, 4.69) is 15.6 Å². The van der Waals surface area contributed by atoms with Crippen LogP contribution in [0.2, 0.25) is 5.02 Å². The number of halogens is 3. The zero-order chi connectivity index (χ0) is 19.2. The molecule has 0 radical (unpaired) electrons. The number of hydrogen-bond donors (Lipinski definition) is 2. The highest BCUT2D eigenvalue weighted by molar-refractivity contribution is 6.30. The maximum atomic E-state index is 13.2. The molecule has 0 atom stereocenters. The van der Waals surface area contributed by atoms with Gasteiger partial charge >= 0.3 is 0 Å². The average Bonchev–Trinajstić information content (AvgIpc) is 2.67. The van der Waals surface area contributed by atoms with Crippen molar-refractivity contribution < 1.29 is 13.6 Å². The van der Waals surface area contributed by atoms with E-state index < -0.39 is 17.5 Å². The number of benzene rings is 2. The highest BCUT2D eigenvalue weighted by atomic mass is 35.5. The van der Waals surface area contributed by atoms with Gasteiger partial charge in [0.15, 0.2) is 11.6 Å². The van der Waals surface area contributed by atoms with Crippen LogP contribution in [-0.4, -0.2) is 17.4 Å². The molecule has 0 aliphatic carbocycles. The summed E-state index contributed by atoms with van der Waals surface area (Å²) in [6.07, 6.45) is 2.36. The Labute approximate surface area is 160 Å². The summed E-state index contributed by atoms with van der Waals surface area (Å²) in [6, 6.07) is 14.1. The van der Waals surface area contributed by atoms with E-state index in [4.69, 9.17) is 11.6 Å². The number of nitrogens with one attached hydrogen (secondary N) is 2. The number of pyridine rings is 1. The maximum Gasteiger partial charge on any atom is 0.274 e. The van der Waals surface area contributed by atoms with Gasteiger partial charge in [0.25, 0.3) is 5.91 Å². The van der Waals surface area contributed by atoms with Gasteiger partial charge in [-0.15, -0.1) is 0 Å². The smallest absolute Gasteiger partial charge is 0.274 e. The fraction of sp³-hybridized carbons (Fsp3) is 0.100. The molecule has 0 aliphatic heterocycles. The summed E-state index contributed by atoms with van der Waals surface area (Å²) >= 11 is 5.86. The zero-order valence-corrected chi connectivity index (χ0v) is 14.9. The lowest BCUT2D eigenvalue weighted by atomic mass is 10.1. The summed E-state index contributed by atoms with van der Waals surface area (Å²) in [7, 11) is 0. The predicted molar refractivity (Wildman–Crippen MR) is 102 cm³/mol. The van der Waals surface area contributed by atoms with Gasteiger partial charge in [-0.25, -0.2) is 13.8 Å². The molecule has 0 unspecified atom stereocenters. The van der Waals surface area contributed by atoms with Crippen LogP contribution in [0.25, 0.3) is 0 Å². The lowest BCUT2D eigenvalue weighted by molar-refractivity contribution is 0.102. The molecule has 3 aromatic rings. The molecular weight excluding hydrogens is 372 g/mol. The summed E-state index contributed by atoms with van der Waals surface area (Å²) in [5.74, 6) is -2.50. The molecule has 1 heterocycles. The summed E-state index contributed by atoms with van der Waals surface area (Å²) < 4.78 is 26.1. The van der Waals surface area contributed by atoms with Gasteiger partial charge in [-0.1, -0.05) is 23.7 Å². The van der Waals surface area contributed by atoms with E-state index >= 15 is 0 Å². The molecule has 1 aromatic heterocycles. The average molecular weight is 388 g/mol. The number of amides is 1. The molecule has 7 heteroatoms. The van der Waals surface area contributed by atoms with Crippen molar-refractivity contribution in [3.8, 4) is 0 Å². The molecule has 2 N–H and O–H groups in total. The molecule has 0 aliphatic rings. The Morgan fingerprint density at radius 1 is 0.963 bits per heavy atom.